The summed E-state index contributed by atoms with van der Waals surface area (Å²) in [7, 11) is 0. The van der Waals surface area contributed by atoms with E-state index in [2.05, 4.69) is 10.4 Å². The van der Waals surface area contributed by atoms with Crippen molar-refractivity contribution in [3.8, 4) is 0 Å². The largest absolute Gasteiger partial charge is 0.271 e. The second-order valence-electron chi connectivity index (χ2n) is 3.95. The quantitative estimate of drug-likeness (QED) is 0.645. The minimum absolute atomic E-state index is 0.151. The molecule has 2 rings (SSSR count). The highest BCUT2D eigenvalue weighted by Gasteiger charge is 2.14. The fraction of sp³-hybridized carbons (Fsp3) is 0.250. The maximum Gasteiger partial charge on any atom is 0.162 e. The molecule has 0 aliphatic rings. The molecule has 0 amide bonds. The third-order valence-electron chi connectivity index (χ3n) is 2.66. The van der Waals surface area contributed by atoms with Crippen molar-refractivity contribution in [3.05, 3.63) is 52.0 Å². The molecule has 0 spiro atoms. The molecule has 1 aromatic heterocycles. The van der Waals surface area contributed by atoms with Gasteiger partial charge in [0.15, 0.2) is 11.6 Å². The summed E-state index contributed by atoms with van der Waals surface area (Å²) in [5.74, 6) is 3.81. The standard InChI is InChI=1S/C12H13F2N3S/c13-11-3-1-2-8(12(11)14)4-9(17-15)5-10-6-16-7-18-10/h1-3,6-7,9,17H,4-5,15H2. The fourth-order valence-electron chi connectivity index (χ4n) is 1.75. The molecule has 18 heavy (non-hydrogen) atoms. The molecule has 0 fully saturated rings. The number of hydrazine groups is 1. The van der Waals surface area contributed by atoms with E-state index < -0.39 is 11.6 Å². The van der Waals surface area contributed by atoms with E-state index in [1.54, 1.807) is 17.8 Å². The van der Waals surface area contributed by atoms with E-state index in [0.29, 0.717) is 18.4 Å². The molecule has 3 N–H and O–H groups in total. The van der Waals surface area contributed by atoms with Crippen LogP contribution in [0.5, 0.6) is 0 Å². The van der Waals surface area contributed by atoms with E-state index in [1.807, 2.05) is 0 Å². The fourth-order valence-corrected chi connectivity index (χ4v) is 2.42. The van der Waals surface area contributed by atoms with Crippen molar-refractivity contribution in [2.75, 3.05) is 0 Å². The van der Waals surface area contributed by atoms with Crippen molar-refractivity contribution in [2.45, 2.75) is 18.9 Å². The summed E-state index contributed by atoms with van der Waals surface area (Å²) >= 11 is 1.51. The zero-order valence-corrected chi connectivity index (χ0v) is 10.4. The maximum absolute atomic E-state index is 13.5. The predicted octanol–water partition coefficient (Wildman–Crippen LogP) is 2.04. The van der Waals surface area contributed by atoms with Crippen molar-refractivity contribution in [3.63, 3.8) is 0 Å². The van der Waals surface area contributed by atoms with Crippen molar-refractivity contribution in [2.24, 2.45) is 5.84 Å². The lowest BCUT2D eigenvalue weighted by molar-refractivity contribution is 0.475. The summed E-state index contributed by atoms with van der Waals surface area (Å²) < 4.78 is 26.6. The predicted molar refractivity (Wildman–Crippen MR) is 67.0 cm³/mol. The molecule has 0 aliphatic carbocycles. The zero-order chi connectivity index (χ0) is 13.0. The van der Waals surface area contributed by atoms with Gasteiger partial charge in [-0.05, 0) is 18.1 Å². The van der Waals surface area contributed by atoms with E-state index in [4.69, 9.17) is 5.84 Å². The van der Waals surface area contributed by atoms with Crippen LogP contribution in [-0.2, 0) is 12.8 Å². The lowest BCUT2D eigenvalue weighted by Crippen LogP contribution is -2.38. The van der Waals surface area contributed by atoms with Crippen LogP contribution >= 0.6 is 11.3 Å². The summed E-state index contributed by atoms with van der Waals surface area (Å²) in [5.41, 5.74) is 4.67. The molecule has 0 bridgehead atoms. The summed E-state index contributed by atoms with van der Waals surface area (Å²) in [6.45, 7) is 0. The summed E-state index contributed by atoms with van der Waals surface area (Å²) in [4.78, 5) is 5.01. The van der Waals surface area contributed by atoms with Gasteiger partial charge in [0.2, 0.25) is 0 Å². The Labute approximate surface area is 108 Å². The average Bonchev–Trinajstić information content (AvgIpc) is 2.86. The minimum Gasteiger partial charge on any atom is -0.271 e. The van der Waals surface area contributed by atoms with Gasteiger partial charge in [-0.15, -0.1) is 11.3 Å². The van der Waals surface area contributed by atoms with Gasteiger partial charge < -0.3 is 0 Å². The SMILES string of the molecule is NNC(Cc1cncs1)Cc1cccc(F)c1F. The van der Waals surface area contributed by atoms with E-state index in [1.165, 1.54) is 17.4 Å². The van der Waals surface area contributed by atoms with E-state index in [0.717, 1.165) is 10.9 Å². The van der Waals surface area contributed by atoms with Crippen LogP contribution in [-0.4, -0.2) is 11.0 Å². The molecule has 3 nitrogen and oxygen atoms in total. The minimum atomic E-state index is -0.832. The van der Waals surface area contributed by atoms with Crippen LogP contribution in [0.3, 0.4) is 0 Å². The Hall–Kier alpha value is -1.37. The third kappa shape index (κ3) is 3.10. The number of nitrogens with two attached hydrogens (primary N) is 1. The first-order valence-corrected chi connectivity index (χ1v) is 6.35. The molecule has 6 heteroatoms. The first-order chi connectivity index (χ1) is 8.70. The number of aromatic nitrogens is 1. The number of thiazole rings is 1. The number of nitrogens with one attached hydrogen (secondary N) is 1. The Bertz CT molecular complexity index is 502. The second-order valence-corrected chi connectivity index (χ2v) is 4.92. The number of nitrogens with zero attached hydrogens (tertiary/aromatic N) is 1. The van der Waals surface area contributed by atoms with Gasteiger partial charge in [-0.25, -0.2) is 8.78 Å². The highest BCUT2D eigenvalue weighted by atomic mass is 32.1. The molecule has 2 aromatic rings. The lowest BCUT2D eigenvalue weighted by atomic mass is 10.0. The maximum atomic E-state index is 13.5. The normalized spacial score (nSPS) is 12.6. The zero-order valence-electron chi connectivity index (χ0n) is 9.57. The Balaban J connectivity index is 2.08. The third-order valence-corrected chi connectivity index (χ3v) is 3.47. The highest BCUT2D eigenvalue weighted by Crippen LogP contribution is 2.16. The van der Waals surface area contributed by atoms with Gasteiger partial charge in [0.25, 0.3) is 0 Å². The van der Waals surface area contributed by atoms with Crippen molar-refractivity contribution < 1.29 is 8.78 Å². The van der Waals surface area contributed by atoms with Crippen LogP contribution in [0.25, 0.3) is 0 Å². The van der Waals surface area contributed by atoms with Gasteiger partial charge in [-0.3, -0.25) is 16.3 Å². The monoisotopic (exact) mass is 269 g/mol. The smallest absolute Gasteiger partial charge is 0.162 e. The lowest BCUT2D eigenvalue weighted by Gasteiger charge is -2.15. The van der Waals surface area contributed by atoms with Crippen molar-refractivity contribution in [1.82, 2.24) is 10.4 Å². The van der Waals surface area contributed by atoms with Gasteiger partial charge in [0.05, 0.1) is 5.51 Å². The molecular formula is C12H13F2N3S. The van der Waals surface area contributed by atoms with Crippen LogP contribution in [0, 0.1) is 11.6 Å². The molecule has 0 saturated carbocycles. The van der Waals surface area contributed by atoms with Crippen LogP contribution in [0.4, 0.5) is 8.78 Å². The number of hydrogen-bond acceptors (Lipinski definition) is 4. The second kappa shape index (κ2) is 5.99. The van der Waals surface area contributed by atoms with Crippen LogP contribution in [0.2, 0.25) is 0 Å². The summed E-state index contributed by atoms with van der Waals surface area (Å²) in [5, 5.41) is 0. The molecule has 1 atom stereocenters. The first-order valence-electron chi connectivity index (χ1n) is 5.47. The highest BCUT2D eigenvalue weighted by molar-refractivity contribution is 7.09. The Kier molecular flexibility index (Phi) is 4.35. The summed E-state index contributed by atoms with van der Waals surface area (Å²) in [6, 6.07) is 4.01. The van der Waals surface area contributed by atoms with Crippen LogP contribution in [0.1, 0.15) is 10.4 Å². The first kappa shape index (κ1) is 13.1. The van der Waals surface area contributed by atoms with Crippen LogP contribution < -0.4 is 11.3 Å². The Morgan fingerprint density at radius 3 is 2.83 bits per heavy atom. The number of rotatable bonds is 5. The Morgan fingerprint density at radius 2 is 2.17 bits per heavy atom. The topological polar surface area (TPSA) is 50.9 Å². The number of hydrogen-bond donors (Lipinski definition) is 2. The van der Waals surface area contributed by atoms with Crippen LogP contribution in [0.15, 0.2) is 29.9 Å². The van der Waals surface area contributed by atoms with Gasteiger partial charge in [0.1, 0.15) is 0 Å². The number of benzene rings is 1. The van der Waals surface area contributed by atoms with Gasteiger partial charge in [0, 0.05) is 23.5 Å². The summed E-state index contributed by atoms with van der Waals surface area (Å²) in [6.07, 6.45) is 2.71. The molecule has 1 aromatic carbocycles. The van der Waals surface area contributed by atoms with E-state index in [9.17, 15) is 8.78 Å². The van der Waals surface area contributed by atoms with Gasteiger partial charge in [-0.2, -0.15) is 0 Å². The molecule has 1 unspecified atom stereocenters. The Morgan fingerprint density at radius 1 is 1.33 bits per heavy atom. The average molecular weight is 269 g/mol. The number of halogens is 2. The molecular weight excluding hydrogens is 256 g/mol. The van der Waals surface area contributed by atoms with Gasteiger partial charge in [-0.1, -0.05) is 12.1 Å². The molecule has 1 heterocycles. The van der Waals surface area contributed by atoms with E-state index in [-0.39, 0.29) is 6.04 Å². The van der Waals surface area contributed by atoms with E-state index >= 15 is 0 Å². The molecule has 96 valence electrons. The van der Waals surface area contributed by atoms with Crippen molar-refractivity contribution >= 4 is 11.3 Å². The molecule has 0 aliphatic heterocycles. The van der Waals surface area contributed by atoms with Crippen molar-refractivity contribution in [1.29, 1.82) is 0 Å². The van der Waals surface area contributed by atoms with Gasteiger partial charge >= 0.3 is 0 Å². The molecule has 0 radical (unpaired) electrons. The molecule has 0 saturated heterocycles.